The van der Waals surface area contributed by atoms with Crippen LogP contribution in [0.4, 0.5) is 0 Å². The highest BCUT2D eigenvalue weighted by molar-refractivity contribution is 9.10. The van der Waals surface area contributed by atoms with E-state index in [0.29, 0.717) is 0 Å². The largest absolute Gasteiger partial charge is 0.496 e. The molecule has 3 aromatic carbocycles. The van der Waals surface area contributed by atoms with Gasteiger partial charge in [0.1, 0.15) is 5.75 Å². The lowest BCUT2D eigenvalue weighted by molar-refractivity contribution is 0.416. The highest BCUT2D eigenvalue weighted by Crippen LogP contribution is 2.44. The van der Waals surface area contributed by atoms with Crippen molar-refractivity contribution in [3.8, 4) is 28.0 Å². The molecule has 0 bridgehead atoms. The third-order valence-electron chi connectivity index (χ3n) is 4.48. The molecule has 0 unspecified atom stereocenters. The fraction of sp³-hybridized carbons (Fsp3) is 0.182. The predicted molar refractivity (Wildman–Crippen MR) is 106 cm³/mol. The van der Waals surface area contributed by atoms with Crippen LogP contribution in [0.15, 0.2) is 59.1 Å². The van der Waals surface area contributed by atoms with Gasteiger partial charge in [0.2, 0.25) is 0 Å². The maximum Gasteiger partial charge on any atom is 0.127 e. The molecule has 2 heteroatoms. The van der Waals surface area contributed by atoms with E-state index in [0.717, 1.165) is 15.8 Å². The predicted octanol–water partition coefficient (Wildman–Crippen LogP) is 6.72. The Morgan fingerprint density at radius 1 is 0.708 bits per heavy atom. The summed E-state index contributed by atoms with van der Waals surface area (Å²) in [6.45, 7) is 6.47. The van der Waals surface area contributed by atoms with Gasteiger partial charge in [0.05, 0.1) is 7.11 Å². The molecule has 1 nitrogen and oxygen atoms in total. The molecule has 0 N–H and O–H groups in total. The van der Waals surface area contributed by atoms with Crippen molar-refractivity contribution in [3.05, 3.63) is 75.8 Å². The average molecular weight is 381 g/mol. The van der Waals surface area contributed by atoms with E-state index in [1.807, 2.05) is 0 Å². The fourth-order valence-corrected chi connectivity index (χ4v) is 3.55. The molecule has 0 radical (unpaired) electrons. The summed E-state index contributed by atoms with van der Waals surface area (Å²) in [7, 11) is 1.74. The fourth-order valence-electron chi connectivity index (χ4n) is 3.19. The van der Waals surface area contributed by atoms with E-state index in [1.165, 1.54) is 33.4 Å². The lowest BCUT2D eigenvalue weighted by atomic mass is 9.87. The third-order valence-corrected chi connectivity index (χ3v) is 4.97. The van der Waals surface area contributed by atoms with Crippen LogP contribution < -0.4 is 4.74 Å². The average Bonchev–Trinajstić information content (AvgIpc) is 2.58. The Morgan fingerprint density at radius 2 is 1.38 bits per heavy atom. The maximum atomic E-state index is 5.74. The van der Waals surface area contributed by atoms with Gasteiger partial charge in [0.25, 0.3) is 0 Å². The zero-order chi connectivity index (χ0) is 17.3. The number of ether oxygens (including phenoxy) is 1. The zero-order valence-electron chi connectivity index (χ0n) is 14.5. The molecule has 122 valence electrons. The first-order valence-corrected chi connectivity index (χ1v) is 8.82. The molecule has 0 aliphatic heterocycles. The van der Waals surface area contributed by atoms with Crippen LogP contribution in [0, 0.1) is 20.8 Å². The van der Waals surface area contributed by atoms with Gasteiger partial charge in [-0.1, -0.05) is 52.3 Å². The topological polar surface area (TPSA) is 9.23 Å². The monoisotopic (exact) mass is 380 g/mol. The minimum atomic E-state index is 0.903. The van der Waals surface area contributed by atoms with E-state index in [4.69, 9.17) is 4.74 Å². The van der Waals surface area contributed by atoms with E-state index in [1.54, 1.807) is 7.11 Å². The maximum absolute atomic E-state index is 5.74. The molecule has 0 saturated heterocycles. The molecule has 0 saturated carbocycles. The van der Waals surface area contributed by atoms with Crippen LogP contribution in [0.25, 0.3) is 22.3 Å². The standard InChI is InChI=1S/C22H21BrO/c1-14-7-5-6-8-18(14)21-16(3)10-12-20(24-4)22(21)19-13-17(23)11-9-15(19)2/h5-13H,1-4H3. The second-order valence-corrected chi connectivity index (χ2v) is 7.02. The highest BCUT2D eigenvalue weighted by Gasteiger charge is 2.18. The molecule has 0 heterocycles. The summed E-state index contributed by atoms with van der Waals surface area (Å²) in [6, 6.07) is 19.1. The van der Waals surface area contributed by atoms with E-state index < -0.39 is 0 Å². The molecule has 0 aliphatic rings. The molecule has 0 aliphatic carbocycles. The Morgan fingerprint density at radius 3 is 2.08 bits per heavy atom. The van der Waals surface area contributed by atoms with Crippen molar-refractivity contribution in [3.63, 3.8) is 0 Å². The summed E-state index contributed by atoms with van der Waals surface area (Å²) in [4.78, 5) is 0. The first-order valence-electron chi connectivity index (χ1n) is 8.03. The van der Waals surface area contributed by atoms with Gasteiger partial charge in [-0.25, -0.2) is 0 Å². The minimum Gasteiger partial charge on any atom is -0.496 e. The van der Waals surface area contributed by atoms with Crippen molar-refractivity contribution in [2.45, 2.75) is 20.8 Å². The van der Waals surface area contributed by atoms with Gasteiger partial charge in [-0.05, 0) is 72.4 Å². The smallest absolute Gasteiger partial charge is 0.127 e. The van der Waals surface area contributed by atoms with Gasteiger partial charge >= 0.3 is 0 Å². The van der Waals surface area contributed by atoms with E-state index in [2.05, 4.69) is 91.3 Å². The van der Waals surface area contributed by atoms with Gasteiger partial charge in [0, 0.05) is 10.0 Å². The van der Waals surface area contributed by atoms with Crippen molar-refractivity contribution in [1.29, 1.82) is 0 Å². The van der Waals surface area contributed by atoms with Crippen molar-refractivity contribution in [2.24, 2.45) is 0 Å². The molecule has 0 aromatic heterocycles. The number of halogens is 1. The van der Waals surface area contributed by atoms with Crippen LogP contribution in [0.3, 0.4) is 0 Å². The quantitative estimate of drug-likeness (QED) is 0.490. The zero-order valence-corrected chi connectivity index (χ0v) is 16.1. The van der Waals surface area contributed by atoms with Crippen LogP contribution >= 0.6 is 15.9 Å². The Hall–Kier alpha value is -2.06. The molecule has 0 fully saturated rings. The normalized spacial score (nSPS) is 10.7. The van der Waals surface area contributed by atoms with E-state index >= 15 is 0 Å². The number of hydrogen-bond acceptors (Lipinski definition) is 1. The highest BCUT2D eigenvalue weighted by atomic mass is 79.9. The van der Waals surface area contributed by atoms with Gasteiger partial charge in [-0.3, -0.25) is 0 Å². The van der Waals surface area contributed by atoms with Gasteiger partial charge < -0.3 is 4.74 Å². The molecule has 24 heavy (non-hydrogen) atoms. The molecule has 0 atom stereocenters. The van der Waals surface area contributed by atoms with E-state index in [-0.39, 0.29) is 0 Å². The minimum absolute atomic E-state index is 0.903. The number of methoxy groups -OCH3 is 1. The van der Waals surface area contributed by atoms with Crippen LogP contribution in [0.2, 0.25) is 0 Å². The third kappa shape index (κ3) is 2.99. The molecule has 3 rings (SSSR count). The van der Waals surface area contributed by atoms with E-state index in [9.17, 15) is 0 Å². The Balaban J connectivity index is 2.42. The van der Waals surface area contributed by atoms with Gasteiger partial charge in [0.15, 0.2) is 0 Å². The summed E-state index contributed by atoms with van der Waals surface area (Å²) < 4.78 is 6.81. The lowest BCUT2D eigenvalue weighted by Crippen LogP contribution is -1.97. The summed E-state index contributed by atoms with van der Waals surface area (Å²) >= 11 is 3.61. The SMILES string of the molecule is COc1ccc(C)c(-c2ccccc2C)c1-c1cc(Br)ccc1C. The second kappa shape index (κ2) is 6.82. The van der Waals surface area contributed by atoms with Crippen molar-refractivity contribution in [2.75, 3.05) is 7.11 Å². The summed E-state index contributed by atoms with van der Waals surface area (Å²) in [5.74, 6) is 0.903. The summed E-state index contributed by atoms with van der Waals surface area (Å²) in [5.41, 5.74) is 8.60. The summed E-state index contributed by atoms with van der Waals surface area (Å²) in [6.07, 6.45) is 0. The Labute approximate surface area is 152 Å². The lowest BCUT2D eigenvalue weighted by Gasteiger charge is -2.20. The first kappa shape index (κ1) is 16.8. The Bertz CT molecular complexity index is 896. The molecule has 0 amide bonds. The number of benzene rings is 3. The van der Waals surface area contributed by atoms with Crippen molar-refractivity contribution >= 4 is 15.9 Å². The number of hydrogen-bond donors (Lipinski definition) is 0. The van der Waals surface area contributed by atoms with Crippen molar-refractivity contribution < 1.29 is 4.74 Å². The molecular weight excluding hydrogens is 360 g/mol. The number of aryl methyl sites for hydroxylation is 3. The molecular formula is C22H21BrO. The molecule has 0 spiro atoms. The second-order valence-electron chi connectivity index (χ2n) is 6.11. The Kier molecular flexibility index (Phi) is 4.77. The van der Waals surface area contributed by atoms with Crippen LogP contribution in [-0.4, -0.2) is 7.11 Å². The number of rotatable bonds is 3. The summed E-state index contributed by atoms with van der Waals surface area (Å²) in [5, 5.41) is 0. The van der Waals surface area contributed by atoms with Crippen LogP contribution in [0.5, 0.6) is 5.75 Å². The van der Waals surface area contributed by atoms with Crippen molar-refractivity contribution in [1.82, 2.24) is 0 Å². The van der Waals surface area contributed by atoms with Crippen LogP contribution in [-0.2, 0) is 0 Å². The van der Waals surface area contributed by atoms with Crippen LogP contribution in [0.1, 0.15) is 16.7 Å². The van der Waals surface area contributed by atoms with Gasteiger partial charge in [-0.15, -0.1) is 0 Å². The van der Waals surface area contributed by atoms with Gasteiger partial charge in [-0.2, -0.15) is 0 Å². The molecule has 3 aromatic rings. The first-order chi connectivity index (χ1) is 11.5.